The van der Waals surface area contributed by atoms with Gasteiger partial charge in [0, 0.05) is 13.7 Å². The van der Waals surface area contributed by atoms with Gasteiger partial charge in [0.2, 0.25) is 5.91 Å². The Balaban J connectivity index is 2.53. The zero-order valence-electron chi connectivity index (χ0n) is 26.3. The fraction of sp³-hybridized carbons (Fsp3) is 0.500. The topological polar surface area (TPSA) is 41.1 Å². The molecule has 1 amide bonds. The van der Waals surface area contributed by atoms with Crippen LogP contribution in [0.2, 0.25) is 2.82 Å². The summed E-state index contributed by atoms with van der Waals surface area (Å²) in [5, 5.41) is -1.33. The first kappa shape index (κ1) is 2.64. The predicted molar refractivity (Wildman–Crippen MR) is 66.3 cm³/mol. The van der Waals surface area contributed by atoms with E-state index in [1.807, 2.05) is 0 Å². The number of benzene rings is 1. The molecule has 2 aliphatic rings. The van der Waals surface area contributed by atoms with Crippen LogP contribution in [0.3, 0.4) is 0 Å². The molecule has 1 saturated carbocycles. The second-order valence-electron chi connectivity index (χ2n) is 3.17. The van der Waals surface area contributed by atoms with Gasteiger partial charge in [-0.25, -0.2) is 0 Å². The molecule has 2 fully saturated rings. The normalized spacial score (nSPS) is 63.3. The molecule has 2 N–H and O–H groups in total. The van der Waals surface area contributed by atoms with Crippen LogP contribution in [0.5, 0.6) is 0 Å². The predicted octanol–water partition coefficient (Wildman–Crippen LogP) is 2.11. The Labute approximate surface area is 127 Å². The zero-order valence-corrected chi connectivity index (χ0v) is 8.30. The lowest BCUT2D eigenvalue weighted by molar-refractivity contribution is -0.121. The molecular formula is C14H18N2O. The molecule has 0 aromatic heterocycles. The van der Waals surface area contributed by atoms with Crippen molar-refractivity contribution in [3.8, 4) is 0 Å². The van der Waals surface area contributed by atoms with Crippen molar-refractivity contribution in [2.45, 2.75) is 43.5 Å². The number of nitrogens with one attached hydrogen (secondary N) is 2. The van der Waals surface area contributed by atoms with E-state index in [0.717, 1.165) is 0 Å². The maximum atomic E-state index is 13.3. The molecule has 1 heterocycles. The number of carbonyl (C=O) groups excluding carboxylic acids is 1. The average molecular weight is 248 g/mol. The summed E-state index contributed by atoms with van der Waals surface area (Å²) in [4.78, 5) is 13.3. The van der Waals surface area contributed by atoms with Crippen LogP contribution >= 0.6 is 0 Å². The van der Waals surface area contributed by atoms with E-state index in [4.69, 9.17) is 24.8 Å². The van der Waals surface area contributed by atoms with Crippen LogP contribution < -0.4 is 10.6 Å². The third-order valence-electron chi connectivity index (χ3n) is 2.07. The molecule has 1 aromatic carbocycles. The van der Waals surface area contributed by atoms with Crippen LogP contribution in [0.1, 0.15) is 65.4 Å². The summed E-state index contributed by atoms with van der Waals surface area (Å²) in [5.41, 5.74) is -5.29. The molecule has 3 rings (SSSR count). The molecular weight excluding hydrogens is 212 g/mol. The SMILES string of the molecule is [2H]c1c([2H])c([2H])c(C2([2H])C(=O)N([2H])C3(N2[2H])C([2H])([2H])C([2H])([2H])C([2H])([2H])C([2H])([2H])C3([2H])[2H])c([2H])c1[2H]. The van der Waals surface area contributed by atoms with Crippen molar-refractivity contribution in [3.05, 3.63) is 35.8 Å². The second-order valence-corrected chi connectivity index (χ2v) is 3.17. The quantitative estimate of drug-likeness (QED) is 0.799. The lowest BCUT2D eigenvalue weighted by Gasteiger charge is -2.33. The fourth-order valence-corrected chi connectivity index (χ4v) is 1.38. The van der Waals surface area contributed by atoms with E-state index < -0.39 is 95.8 Å². The molecule has 1 aliphatic heterocycles. The Morgan fingerprint density at radius 3 is 2.76 bits per heavy atom. The zero-order chi connectivity index (χ0) is 27.7. The summed E-state index contributed by atoms with van der Waals surface area (Å²) in [5.74, 6) is -2.05. The van der Waals surface area contributed by atoms with Gasteiger partial charge in [0.15, 0.2) is 1.41 Å². The molecule has 0 bridgehead atoms. The summed E-state index contributed by atoms with van der Waals surface area (Å²) in [6, 6.07) is -9.23. The molecule has 3 nitrogen and oxygen atoms in total. The van der Waals surface area contributed by atoms with E-state index in [-0.39, 0.29) is 0 Å². The van der Waals surface area contributed by atoms with Crippen LogP contribution in [-0.2, 0) is 4.79 Å². The van der Waals surface area contributed by atoms with E-state index in [0.29, 0.717) is 0 Å². The third kappa shape index (κ3) is 1.95. The smallest absolute Gasteiger partial charge is 0.243 e. The largest absolute Gasteiger partial charge is 0.336 e. The van der Waals surface area contributed by atoms with Crippen LogP contribution in [0, 0.1) is 0 Å². The van der Waals surface area contributed by atoms with Gasteiger partial charge in [-0.2, -0.15) is 0 Å². The van der Waals surface area contributed by atoms with Gasteiger partial charge in [-0.15, -0.1) is 0 Å². The molecule has 1 spiro atoms. The van der Waals surface area contributed by atoms with Crippen molar-refractivity contribution >= 4 is 5.91 Å². The Morgan fingerprint density at radius 2 is 2.06 bits per heavy atom. The average Bonchev–Trinajstić information content (AvgIpc) is 2.89. The maximum absolute atomic E-state index is 13.3. The van der Waals surface area contributed by atoms with Crippen LogP contribution in [0.4, 0.5) is 0 Å². The Hall–Kier alpha value is -1.35. The minimum absolute atomic E-state index is 0.631. The summed E-state index contributed by atoms with van der Waals surface area (Å²) < 4.78 is 146. The van der Waals surface area contributed by atoms with Gasteiger partial charge in [-0.3, -0.25) is 10.1 Å². The summed E-state index contributed by atoms with van der Waals surface area (Å²) >= 11 is 0. The fourth-order valence-electron chi connectivity index (χ4n) is 1.38. The molecule has 3 heteroatoms. The number of amides is 1. The number of hydrogen-bond acceptors (Lipinski definition) is 2. The summed E-state index contributed by atoms with van der Waals surface area (Å²) in [6.07, 6.45) is -20.2. The maximum Gasteiger partial charge on any atom is 0.243 e. The minimum atomic E-state index is -4.12. The van der Waals surface area contributed by atoms with Crippen LogP contribution in [-0.4, -0.2) is 11.6 Å². The summed E-state index contributed by atoms with van der Waals surface area (Å²) in [6.45, 7) is 0. The van der Waals surface area contributed by atoms with Crippen molar-refractivity contribution in [2.24, 2.45) is 0 Å². The van der Waals surface area contributed by atoms with E-state index in [9.17, 15) is 4.79 Å². The molecule has 17 heavy (non-hydrogen) atoms. The Kier molecular flexibility index (Phi) is 0.645. The molecule has 1 aliphatic carbocycles. The lowest BCUT2D eigenvalue weighted by atomic mass is 9.89. The Bertz CT molecular complexity index is 1070. The standard InChI is InChI=1S/C14H18N2O/c17-13-12(11-7-3-1-4-8-11)15-14(16-13)9-5-2-6-10-14/h1,3-4,7-8,12,15H,2,5-6,9-10H2,(H,16,17)/i1D,2D2,3D,4D,5D2,6D2,7D,8D,9D2,10D2,12D/hD2. The molecule has 1 aromatic rings. The first-order chi connectivity index (χ1) is 15.4. The number of rotatable bonds is 1. The van der Waals surface area contributed by atoms with Crippen LogP contribution in [0.25, 0.3) is 0 Å². The van der Waals surface area contributed by atoms with Gasteiger partial charge in [0.25, 0.3) is 0 Å². The van der Waals surface area contributed by atoms with Gasteiger partial charge < -0.3 is 5.31 Å². The first-order valence-electron chi connectivity index (χ1n) is 13.5. The van der Waals surface area contributed by atoms with Crippen molar-refractivity contribution in [1.82, 2.24) is 10.6 Å². The molecule has 1 saturated heterocycles. The van der Waals surface area contributed by atoms with E-state index in [1.165, 1.54) is 0 Å². The second kappa shape index (κ2) is 4.15. The van der Waals surface area contributed by atoms with Gasteiger partial charge >= 0.3 is 0 Å². The minimum Gasteiger partial charge on any atom is -0.336 e. The number of carbonyl (C=O) groups is 1. The van der Waals surface area contributed by atoms with Crippen molar-refractivity contribution in [1.29, 1.82) is 0 Å². The summed E-state index contributed by atoms with van der Waals surface area (Å²) in [7, 11) is 0. The van der Waals surface area contributed by atoms with Crippen LogP contribution in [0.15, 0.2) is 30.2 Å². The van der Waals surface area contributed by atoms with E-state index in [1.54, 1.807) is 0 Å². The highest BCUT2D eigenvalue weighted by atomic mass is 16.2. The van der Waals surface area contributed by atoms with Gasteiger partial charge in [0.1, 0.15) is 7.43 Å². The molecule has 1 atom stereocenters. The third-order valence-corrected chi connectivity index (χ3v) is 2.07. The molecule has 90 valence electrons. The van der Waals surface area contributed by atoms with Gasteiger partial charge in [-0.1, -0.05) is 36.6 Å². The van der Waals surface area contributed by atoms with Crippen molar-refractivity contribution in [2.75, 3.05) is 0 Å². The highest BCUT2D eigenvalue weighted by molar-refractivity contribution is 5.86. The van der Waals surface area contributed by atoms with E-state index in [2.05, 4.69) is 0 Å². The molecule has 0 radical (unpaired) electrons. The van der Waals surface area contributed by atoms with Crippen molar-refractivity contribution in [3.63, 3.8) is 0 Å². The van der Waals surface area contributed by atoms with Crippen molar-refractivity contribution < 1.29 is 29.6 Å². The molecule has 1 unspecified atom stereocenters. The lowest BCUT2D eigenvalue weighted by Crippen LogP contribution is -2.51. The Morgan fingerprint density at radius 1 is 1.35 bits per heavy atom. The van der Waals surface area contributed by atoms with Gasteiger partial charge in [0.05, 0.1) is 13.9 Å². The number of hydrogen-bond donors (Lipinski definition) is 2. The van der Waals surface area contributed by atoms with E-state index >= 15 is 0 Å². The monoisotopic (exact) mass is 248 g/mol. The first-order valence-corrected chi connectivity index (χ1v) is 4.60. The highest BCUT2D eigenvalue weighted by Crippen LogP contribution is 2.33. The highest BCUT2D eigenvalue weighted by Gasteiger charge is 2.44. The van der Waals surface area contributed by atoms with Gasteiger partial charge in [-0.05, 0) is 31.1 Å².